The van der Waals surface area contributed by atoms with Crippen molar-refractivity contribution in [2.75, 3.05) is 18.7 Å². The van der Waals surface area contributed by atoms with Crippen molar-refractivity contribution in [3.05, 3.63) is 58.1 Å². The van der Waals surface area contributed by atoms with Crippen molar-refractivity contribution in [2.45, 2.75) is 6.18 Å². The van der Waals surface area contributed by atoms with Crippen LogP contribution in [0.15, 0.2) is 41.2 Å². The third kappa shape index (κ3) is 3.40. The second kappa shape index (κ2) is 7.15. The minimum atomic E-state index is -4.63. The molecule has 0 fully saturated rings. The summed E-state index contributed by atoms with van der Waals surface area (Å²) in [5.74, 6) is -1.97. The van der Waals surface area contributed by atoms with E-state index in [9.17, 15) is 27.0 Å². The first kappa shape index (κ1) is 19.7. The number of aromatic nitrogens is 2. The Hall–Kier alpha value is -3.08. The number of ketones is 2. The zero-order valence-electron chi connectivity index (χ0n) is 14.5. The number of hydrogen-bond donors (Lipinski definition) is 1. The van der Waals surface area contributed by atoms with E-state index in [0.29, 0.717) is 0 Å². The van der Waals surface area contributed by atoms with Crippen LogP contribution in [0, 0.1) is 0 Å². The van der Waals surface area contributed by atoms with Gasteiger partial charge in [-0.1, -0.05) is 0 Å². The Labute approximate surface area is 159 Å². The number of benzene rings is 1. The van der Waals surface area contributed by atoms with Crippen molar-refractivity contribution in [1.82, 2.24) is 9.97 Å². The van der Waals surface area contributed by atoms with E-state index in [1.807, 2.05) is 0 Å². The maximum atomic E-state index is 13.0. The van der Waals surface area contributed by atoms with E-state index in [0.717, 1.165) is 25.3 Å². The van der Waals surface area contributed by atoms with Gasteiger partial charge in [-0.3, -0.25) is 13.8 Å². The summed E-state index contributed by atoms with van der Waals surface area (Å²) in [6, 6.07) is 2.86. The molecule has 2 aromatic rings. The second-order valence-corrected chi connectivity index (χ2v) is 6.92. The summed E-state index contributed by atoms with van der Waals surface area (Å²) < 4.78 is 55.9. The fraction of sp³-hybridized carbons (Fsp3) is 0.176. The number of rotatable bonds is 4. The molecule has 1 aliphatic carbocycles. The second-order valence-electron chi connectivity index (χ2n) is 5.61. The Kier molecular flexibility index (Phi) is 5.02. The fourth-order valence-electron chi connectivity index (χ4n) is 2.65. The van der Waals surface area contributed by atoms with Crippen molar-refractivity contribution in [3.63, 3.8) is 0 Å². The van der Waals surface area contributed by atoms with E-state index < -0.39 is 39.9 Å². The molecule has 0 aliphatic heterocycles. The Bertz CT molecular complexity index is 1050. The molecule has 146 valence electrons. The highest BCUT2D eigenvalue weighted by molar-refractivity contribution is 7.89. The molecule has 3 rings (SSSR count). The molecule has 28 heavy (non-hydrogen) atoms. The van der Waals surface area contributed by atoms with E-state index in [-0.39, 0.29) is 27.7 Å². The van der Waals surface area contributed by atoms with E-state index in [1.54, 1.807) is 0 Å². The number of hydrogen-bond acceptors (Lipinski definition) is 7. The van der Waals surface area contributed by atoms with Gasteiger partial charge in [-0.2, -0.15) is 13.2 Å². The first-order chi connectivity index (χ1) is 13.1. The summed E-state index contributed by atoms with van der Waals surface area (Å²) in [4.78, 5) is 32.7. The lowest BCUT2D eigenvalue weighted by Crippen LogP contribution is -2.29. The average Bonchev–Trinajstić information content (AvgIpc) is 2.64. The van der Waals surface area contributed by atoms with Crippen LogP contribution in [0.5, 0.6) is 5.75 Å². The molecule has 0 radical (unpaired) electrons. The number of Topliss-reactive ketones (excluding diaryl/α,β-unsaturated/α-hetero) is 2. The number of alkyl halides is 3. The fourth-order valence-corrected chi connectivity index (χ4v) is 3.44. The number of ether oxygens (including phenoxy) is 1. The number of anilines is 1. The number of nitrogens with zero attached hydrogens (tertiary/aromatic N) is 2. The van der Waals surface area contributed by atoms with Gasteiger partial charge in [0.2, 0.25) is 11.6 Å². The topological polar surface area (TPSA) is 98.2 Å². The number of carbonyl (C=O) groups excluding carboxylic acids is 2. The molecule has 11 heteroatoms. The zero-order valence-corrected chi connectivity index (χ0v) is 15.3. The van der Waals surface area contributed by atoms with E-state index in [2.05, 4.69) is 15.3 Å². The highest BCUT2D eigenvalue weighted by atomic mass is 32.2. The quantitative estimate of drug-likeness (QED) is 0.826. The number of methoxy groups -OCH3 is 1. The average molecular weight is 411 g/mol. The van der Waals surface area contributed by atoms with Crippen molar-refractivity contribution < 1.29 is 31.7 Å². The lowest BCUT2D eigenvalue weighted by Gasteiger charge is -2.20. The van der Waals surface area contributed by atoms with Crippen LogP contribution >= 0.6 is 0 Å². The third-order valence-electron chi connectivity index (χ3n) is 3.85. The largest absolute Gasteiger partial charge is 0.496 e. The van der Waals surface area contributed by atoms with Crippen LogP contribution in [0.4, 0.5) is 18.9 Å². The summed E-state index contributed by atoms with van der Waals surface area (Å²) in [5.41, 5.74) is -1.76. The molecular formula is C17H12F3N3O4S. The molecule has 0 saturated carbocycles. The number of nitrogens with one attached hydrogen (secondary N) is 1. The lowest BCUT2D eigenvalue weighted by molar-refractivity contribution is -0.138. The van der Waals surface area contributed by atoms with Crippen LogP contribution in [-0.4, -0.2) is 39.1 Å². The normalized spacial score (nSPS) is 15.3. The molecule has 0 saturated heterocycles. The molecule has 0 amide bonds. The predicted molar refractivity (Wildman–Crippen MR) is 93.4 cm³/mol. The van der Waals surface area contributed by atoms with Gasteiger partial charge < -0.3 is 10.1 Å². The molecule has 1 heterocycles. The molecule has 7 nitrogen and oxygen atoms in total. The molecule has 0 spiro atoms. The third-order valence-corrected chi connectivity index (χ3v) is 4.82. The Morgan fingerprint density at radius 3 is 2.21 bits per heavy atom. The molecule has 1 aromatic heterocycles. The molecule has 1 aliphatic rings. The van der Waals surface area contributed by atoms with E-state index in [4.69, 9.17) is 4.74 Å². The SMILES string of the molecule is COc1cc(NC2=C(S(C)=O)C(=O)c3nccnc3C2=O)ccc1C(F)(F)F. The molecular weight excluding hydrogens is 399 g/mol. The monoisotopic (exact) mass is 411 g/mol. The van der Waals surface area contributed by atoms with E-state index >= 15 is 0 Å². The molecule has 1 unspecified atom stereocenters. The van der Waals surface area contributed by atoms with Gasteiger partial charge in [-0.05, 0) is 12.1 Å². The maximum absolute atomic E-state index is 13.0. The molecule has 1 atom stereocenters. The number of carbonyl (C=O) groups is 2. The van der Waals surface area contributed by atoms with Gasteiger partial charge in [0.1, 0.15) is 27.7 Å². The summed E-state index contributed by atoms with van der Waals surface area (Å²) in [6.07, 6.45) is -0.989. The summed E-state index contributed by atoms with van der Waals surface area (Å²) in [5, 5.41) is 2.59. The Morgan fingerprint density at radius 1 is 1.07 bits per heavy atom. The number of allylic oxidation sites excluding steroid dienone is 2. The summed E-state index contributed by atoms with van der Waals surface area (Å²) in [6.45, 7) is 0. The van der Waals surface area contributed by atoms with Crippen LogP contribution in [0.1, 0.15) is 26.5 Å². The summed E-state index contributed by atoms with van der Waals surface area (Å²) >= 11 is 0. The first-order valence-corrected chi connectivity index (χ1v) is 9.21. The van der Waals surface area contributed by atoms with Crippen molar-refractivity contribution in [1.29, 1.82) is 0 Å². The van der Waals surface area contributed by atoms with Crippen LogP contribution < -0.4 is 10.1 Å². The Morgan fingerprint density at radius 2 is 1.68 bits per heavy atom. The van der Waals surface area contributed by atoms with Gasteiger partial charge in [-0.25, -0.2) is 9.97 Å². The number of fused-ring (bicyclic) bond motifs is 1. The summed E-state index contributed by atoms with van der Waals surface area (Å²) in [7, 11) is -0.801. The van der Waals surface area contributed by atoms with Crippen LogP contribution in [0.3, 0.4) is 0 Å². The predicted octanol–water partition coefficient (Wildman–Crippen LogP) is 2.59. The minimum absolute atomic E-state index is 0.0382. The number of halogens is 3. The van der Waals surface area contributed by atoms with Crippen LogP contribution in [0.25, 0.3) is 0 Å². The molecule has 1 aromatic carbocycles. The van der Waals surface area contributed by atoms with Gasteiger partial charge >= 0.3 is 6.18 Å². The van der Waals surface area contributed by atoms with Crippen molar-refractivity contribution in [2.24, 2.45) is 0 Å². The standard InChI is InChI=1S/C17H12F3N3O4S/c1-27-10-7-8(3-4-9(10)17(18,19)20)23-13-14(24)11-12(22-6-5-21-11)15(25)16(13)28(2)26/h3-7,23H,1-2H3. The lowest BCUT2D eigenvalue weighted by atomic mass is 10.0. The van der Waals surface area contributed by atoms with Gasteiger partial charge in [0.25, 0.3) is 0 Å². The Balaban J connectivity index is 2.10. The van der Waals surface area contributed by atoms with Crippen LogP contribution in [-0.2, 0) is 17.0 Å². The van der Waals surface area contributed by atoms with Crippen molar-refractivity contribution >= 4 is 28.1 Å². The highest BCUT2D eigenvalue weighted by Crippen LogP contribution is 2.38. The minimum Gasteiger partial charge on any atom is -0.496 e. The zero-order chi connectivity index (χ0) is 20.6. The highest BCUT2D eigenvalue weighted by Gasteiger charge is 2.37. The first-order valence-electron chi connectivity index (χ1n) is 7.65. The van der Waals surface area contributed by atoms with Gasteiger partial charge in [-0.15, -0.1) is 0 Å². The van der Waals surface area contributed by atoms with Crippen LogP contribution in [0.2, 0.25) is 0 Å². The molecule has 0 bridgehead atoms. The smallest absolute Gasteiger partial charge is 0.419 e. The molecule has 1 N–H and O–H groups in total. The van der Waals surface area contributed by atoms with E-state index in [1.165, 1.54) is 18.6 Å². The van der Waals surface area contributed by atoms with Gasteiger partial charge in [0.05, 0.1) is 23.5 Å². The van der Waals surface area contributed by atoms with Gasteiger partial charge in [0, 0.05) is 30.4 Å². The van der Waals surface area contributed by atoms with Gasteiger partial charge in [0.15, 0.2) is 0 Å². The maximum Gasteiger partial charge on any atom is 0.419 e. The van der Waals surface area contributed by atoms with Crippen molar-refractivity contribution in [3.8, 4) is 5.75 Å².